The van der Waals surface area contributed by atoms with Crippen LogP contribution < -0.4 is 10.6 Å². The van der Waals surface area contributed by atoms with E-state index in [0.29, 0.717) is 22.5 Å². The van der Waals surface area contributed by atoms with E-state index in [1.54, 1.807) is 19.2 Å². The third-order valence-corrected chi connectivity index (χ3v) is 3.19. The third kappa shape index (κ3) is 3.48. The predicted molar refractivity (Wildman–Crippen MR) is 78.1 cm³/mol. The lowest BCUT2D eigenvalue weighted by molar-refractivity contribution is 0.629. The second-order valence-corrected chi connectivity index (χ2v) is 4.81. The van der Waals surface area contributed by atoms with E-state index < -0.39 is 5.82 Å². The SMILES string of the molecule is CNc1cc(Nc2ccc(Cl)c(F)c2)nc(SC)n1. The molecular weight excluding hydrogens is 287 g/mol. The zero-order chi connectivity index (χ0) is 13.8. The molecule has 0 aliphatic heterocycles. The molecule has 2 rings (SSSR count). The van der Waals surface area contributed by atoms with Crippen LogP contribution in [0.2, 0.25) is 5.02 Å². The van der Waals surface area contributed by atoms with Crippen molar-refractivity contribution in [1.82, 2.24) is 9.97 Å². The summed E-state index contributed by atoms with van der Waals surface area (Å²) in [6, 6.07) is 6.24. The van der Waals surface area contributed by atoms with Gasteiger partial charge in [0, 0.05) is 18.8 Å². The number of hydrogen-bond acceptors (Lipinski definition) is 5. The highest BCUT2D eigenvalue weighted by Gasteiger charge is 2.05. The Bertz CT molecular complexity index is 572. The molecule has 1 aromatic heterocycles. The van der Waals surface area contributed by atoms with Crippen LogP contribution in [0.3, 0.4) is 0 Å². The fourth-order valence-electron chi connectivity index (χ4n) is 1.43. The topological polar surface area (TPSA) is 49.8 Å². The molecule has 0 radical (unpaired) electrons. The summed E-state index contributed by atoms with van der Waals surface area (Å²) in [4.78, 5) is 8.54. The van der Waals surface area contributed by atoms with Gasteiger partial charge in [-0.1, -0.05) is 23.4 Å². The Morgan fingerprint density at radius 2 is 1.95 bits per heavy atom. The van der Waals surface area contributed by atoms with Gasteiger partial charge in [-0.2, -0.15) is 0 Å². The fourth-order valence-corrected chi connectivity index (χ4v) is 1.93. The first-order valence-electron chi connectivity index (χ1n) is 5.45. The van der Waals surface area contributed by atoms with E-state index in [-0.39, 0.29) is 5.02 Å². The van der Waals surface area contributed by atoms with Crippen molar-refractivity contribution in [3.63, 3.8) is 0 Å². The van der Waals surface area contributed by atoms with Crippen molar-refractivity contribution in [2.24, 2.45) is 0 Å². The molecule has 1 aromatic carbocycles. The van der Waals surface area contributed by atoms with E-state index in [2.05, 4.69) is 20.6 Å². The molecule has 100 valence electrons. The average Bonchev–Trinajstić information content (AvgIpc) is 2.42. The van der Waals surface area contributed by atoms with Crippen LogP contribution in [0.25, 0.3) is 0 Å². The Kier molecular flexibility index (Phi) is 4.44. The molecule has 19 heavy (non-hydrogen) atoms. The van der Waals surface area contributed by atoms with Crippen LogP contribution in [0.1, 0.15) is 0 Å². The summed E-state index contributed by atoms with van der Waals surface area (Å²) < 4.78 is 13.4. The zero-order valence-corrected chi connectivity index (χ0v) is 11.9. The summed E-state index contributed by atoms with van der Waals surface area (Å²) in [5, 5.41) is 6.69. The second kappa shape index (κ2) is 6.08. The molecule has 7 heteroatoms. The molecule has 0 aliphatic rings. The van der Waals surface area contributed by atoms with Crippen LogP contribution in [0.4, 0.5) is 21.7 Å². The van der Waals surface area contributed by atoms with Gasteiger partial charge in [0.25, 0.3) is 0 Å². The van der Waals surface area contributed by atoms with Gasteiger partial charge >= 0.3 is 0 Å². The average molecular weight is 299 g/mol. The van der Waals surface area contributed by atoms with Crippen LogP contribution in [0.5, 0.6) is 0 Å². The molecule has 4 nitrogen and oxygen atoms in total. The van der Waals surface area contributed by atoms with Gasteiger partial charge in [0.15, 0.2) is 5.16 Å². The van der Waals surface area contributed by atoms with Crippen molar-refractivity contribution in [1.29, 1.82) is 0 Å². The molecule has 0 bridgehead atoms. The highest BCUT2D eigenvalue weighted by Crippen LogP contribution is 2.23. The normalized spacial score (nSPS) is 10.3. The van der Waals surface area contributed by atoms with Gasteiger partial charge in [0.05, 0.1) is 5.02 Å². The predicted octanol–water partition coefficient (Wildman–Crippen LogP) is 3.78. The smallest absolute Gasteiger partial charge is 0.191 e. The van der Waals surface area contributed by atoms with Gasteiger partial charge in [-0.25, -0.2) is 14.4 Å². The number of nitrogens with zero attached hydrogens (tertiary/aromatic N) is 2. The van der Waals surface area contributed by atoms with E-state index in [1.165, 1.54) is 23.9 Å². The minimum Gasteiger partial charge on any atom is -0.373 e. The van der Waals surface area contributed by atoms with Crippen LogP contribution in [0, 0.1) is 5.82 Å². The van der Waals surface area contributed by atoms with Gasteiger partial charge in [0.2, 0.25) is 0 Å². The quantitative estimate of drug-likeness (QED) is 0.664. The first-order chi connectivity index (χ1) is 9.12. The number of rotatable bonds is 4. The Labute approximate surface area is 119 Å². The molecule has 0 unspecified atom stereocenters. The maximum atomic E-state index is 13.4. The first-order valence-corrected chi connectivity index (χ1v) is 7.05. The Balaban J connectivity index is 2.29. The maximum absolute atomic E-state index is 13.4. The Morgan fingerprint density at radius 1 is 1.21 bits per heavy atom. The lowest BCUT2D eigenvalue weighted by atomic mass is 10.3. The largest absolute Gasteiger partial charge is 0.373 e. The highest BCUT2D eigenvalue weighted by atomic mass is 35.5. The number of anilines is 3. The van der Waals surface area contributed by atoms with Gasteiger partial charge in [-0.15, -0.1) is 0 Å². The fraction of sp³-hybridized carbons (Fsp3) is 0.167. The summed E-state index contributed by atoms with van der Waals surface area (Å²) in [5.74, 6) is 0.807. The molecule has 0 saturated heterocycles. The Hall–Kier alpha value is -1.53. The van der Waals surface area contributed by atoms with E-state index in [0.717, 1.165) is 0 Å². The summed E-state index contributed by atoms with van der Waals surface area (Å²) in [7, 11) is 1.78. The summed E-state index contributed by atoms with van der Waals surface area (Å²) in [6.45, 7) is 0. The van der Waals surface area contributed by atoms with Gasteiger partial charge in [-0.05, 0) is 24.5 Å². The van der Waals surface area contributed by atoms with E-state index in [9.17, 15) is 4.39 Å². The van der Waals surface area contributed by atoms with Crippen molar-refractivity contribution < 1.29 is 4.39 Å². The summed E-state index contributed by atoms with van der Waals surface area (Å²) in [5.41, 5.74) is 0.578. The number of hydrogen-bond donors (Lipinski definition) is 2. The van der Waals surface area contributed by atoms with Crippen molar-refractivity contribution in [2.75, 3.05) is 23.9 Å². The molecule has 1 heterocycles. The van der Waals surface area contributed by atoms with E-state index in [4.69, 9.17) is 11.6 Å². The molecular formula is C12H12ClFN4S. The van der Waals surface area contributed by atoms with Crippen LogP contribution in [-0.2, 0) is 0 Å². The number of benzene rings is 1. The van der Waals surface area contributed by atoms with Crippen LogP contribution in [0.15, 0.2) is 29.4 Å². The molecule has 0 atom stereocenters. The van der Waals surface area contributed by atoms with Crippen molar-refractivity contribution >= 4 is 40.7 Å². The highest BCUT2D eigenvalue weighted by molar-refractivity contribution is 7.98. The molecule has 0 spiro atoms. The molecule has 0 fully saturated rings. The number of thioether (sulfide) groups is 1. The molecule has 2 aromatic rings. The monoisotopic (exact) mass is 298 g/mol. The summed E-state index contributed by atoms with van der Waals surface area (Å²) in [6.07, 6.45) is 1.89. The van der Waals surface area contributed by atoms with Gasteiger partial charge in [0.1, 0.15) is 17.5 Å². The maximum Gasteiger partial charge on any atom is 0.191 e. The lowest BCUT2D eigenvalue weighted by Crippen LogP contribution is -2.00. The van der Waals surface area contributed by atoms with Crippen molar-refractivity contribution in [2.45, 2.75) is 5.16 Å². The minimum absolute atomic E-state index is 0.0916. The van der Waals surface area contributed by atoms with E-state index >= 15 is 0 Å². The zero-order valence-electron chi connectivity index (χ0n) is 10.4. The lowest BCUT2D eigenvalue weighted by Gasteiger charge is -2.09. The second-order valence-electron chi connectivity index (χ2n) is 3.63. The van der Waals surface area contributed by atoms with E-state index in [1.807, 2.05) is 6.26 Å². The van der Waals surface area contributed by atoms with Crippen LogP contribution in [-0.4, -0.2) is 23.3 Å². The standard InChI is InChI=1S/C12H12ClFN4S/c1-15-10-6-11(18-12(17-10)19-2)16-7-3-4-8(13)9(14)5-7/h3-6H,1-2H3,(H2,15,16,17,18). The van der Waals surface area contributed by atoms with Crippen LogP contribution >= 0.6 is 23.4 Å². The summed E-state index contributed by atoms with van der Waals surface area (Å²) >= 11 is 7.07. The number of halogens is 2. The Morgan fingerprint density at radius 3 is 2.58 bits per heavy atom. The number of nitrogens with one attached hydrogen (secondary N) is 2. The molecule has 0 amide bonds. The first kappa shape index (κ1) is 13.9. The molecule has 0 aliphatic carbocycles. The third-order valence-electron chi connectivity index (χ3n) is 2.34. The molecule has 0 saturated carbocycles. The molecule has 2 N–H and O–H groups in total. The minimum atomic E-state index is -0.473. The van der Waals surface area contributed by atoms with Gasteiger partial charge < -0.3 is 10.6 Å². The number of aromatic nitrogens is 2. The van der Waals surface area contributed by atoms with Gasteiger partial charge in [-0.3, -0.25) is 0 Å². The van der Waals surface area contributed by atoms with Crippen molar-refractivity contribution in [3.8, 4) is 0 Å². The van der Waals surface area contributed by atoms with Crippen molar-refractivity contribution in [3.05, 3.63) is 35.1 Å².